The summed E-state index contributed by atoms with van der Waals surface area (Å²) in [6, 6.07) is 0. The molecule has 0 heterocycles. The Morgan fingerprint density at radius 3 is 2.30 bits per heavy atom. The van der Waals surface area contributed by atoms with Crippen molar-refractivity contribution in [3.63, 3.8) is 0 Å². The quantitative estimate of drug-likeness (QED) is 0.256. The van der Waals surface area contributed by atoms with Crippen molar-refractivity contribution in [3.8, 4) is 0 Å². The summed E-state index contributed by atoms with van der Waals surface area (Å²) in [5, 5.41) is 0. The van der Waals surface area contributed by atoms with Crippen molar-refractivity contribution in [1.82, 2.24) is 0 Å². The maximum atomic E-state index is 2.49. The second-order valence-corrected chi connectivity index (χ2v) is 2.69. The van der Waals surface area contributed by atoms with Gasteiger partial charge in [0.1, 0.15) is 0 Å². The largest absolute Gasteiger partial charge is 1.00 e. The van der Waals surface area contributed by atoms with Gasteiger partial charge in [-0.15, -0.1) is 0 Å². The summed E-state index contributed by atoms with van der Waals surface area (Å²) in [6.45, 7) is 2.28. The number of hydrogen-bond acceptors (Lipinski definition) is 0. The molecule has 0 radical (unpaired) electrons. The van der Waals surface area contributed by atoms with Gasteiger partial charge in [-0.05, 0) is 0 Å². The van der Waals surface area contributed by atoms with Gasteiger partial charge in [-0.25, -0.2) is 0 Å². The van der Waals surface area contributed by atoms with Crippen LogP contribution in [0.25, 0.3) is 0 Å². The molecule has 0 nitrogen and oxygen atoms in total. The molecule has 0 aliphatic heterocycles. The van der Waals surface area contributed by atoms with E-state index >= 15 is 0 Å². The molecule has 2 heteroatoms. The van der Waals surface area contributed by atoms with Crippen molar-refractivity contribution in [2.24, 2.45) is 5.92 Å². The third-order valence-electron chi connectivity index (χ3n) is 2.05. The zero-order valence-corrected chi connectivity index (χ0v) is 7.69. The Morgan fingerprint density at radius 1 is 1.30 bits per heavy atom. The van der Waals surface area contributed by atoms with Gasteiger partial charge >= 0.3 is 37.7 Å². The fourth-order valence-electron chi connectivity index (χ4n) is 1.39. The molecule has 0 aromatic carbocycles. The van der Waals surface area contributed by atoms with Crippen molar-refractivity contribution in [1.29, 1.82) is 0 Å². The molecule has 0 aromatic rings. The molecule has 0 aromatic heterocycles. The van der Waals surface area contributed by atoms with Crippen LogP contribution in [0.3, 0.4) is 0 Å². The Labute approximate surface area is 88.9 Å². The van der Waals surface area contributed by atoms with Crippen LogP contribution in [0.2, 0.25) is 0 Å². The first-order chi connectivity index (χ1) is 3.93. The maximum absolute atomic E-state index is 2.49. The summed E-state index contributed by atoms with van der Waals surface area (Å²) < 4.78 is 0. The van der Waals surface area contributed by atoms with Crippen LogP contribution in [0.15, 0.2) is 0 Å². The Kier molecular flexibility index (Phi) is 11.4. The zero-order chi connectivity index (χ0) is 5.82. The van der Waals surface area contributed by atoms with Crippen molar-refractivity contribution in [3.05, 3.63) is 6.42 Å². The molecule has 0 amide bonds. The van der Waals surface area contributed by atoms with E-state index in [1.807, 2.05) is 0 Å². The number of hydrogen-bond donors (Lipinski definition) is 0. The molecule has 1 atom stereocenters. The van der Waals surface area contributed by atoms with Crippen LogP contribution in [0.1, 0.15) is 39.0 Å². The van der Waals surface area contributed by atoms with Crippen molar-refractivity contribution in [2.45, 2.75) is 39.0 Å². The minimum atomic E-state index is 0. The Bertz CT molecular complexity index is 58.3. The Hall–Kier alpha value is 1.19. The summed E-state index contributed by atoms with van der Waals surface area (Å²) in [5.41, 5.74) is 0. The molecule has 10 heavy (non-hydrogen) atoms. The average Bonchev–Trinajstić information content (AvgIpc) is 1.90. The van der Waals surface area contributed by atoms with E-state index in [-0.39, 0.29) is 37.7 Å². The van der Waals surface area contributed by atoms with Crippen LogP contribution in [0.5, 0.6) is 0 Å². The molecule has 1 rings (SSSR count). The van der Waals surface area contributed by atoms with Crippen molar-refractivity contribution >= 4 is 0 Å². The first-order valence-electron chi connectivity index (χ1n) is 3.77. The first kappa shape index (κ1) is 13.8. The zero-order valence-electron chi connectivity index (χ0n) is 7.69. The van der Waals surface area contributed by atoms with Gasteiger partial charge in [-0.2, -0.15) is 12.3 Å². The Balaban J connectivity index is 0. The molecule has 1 aliphatic carbocycles. The molecule has 0 N–H and O–H groups in total. The van der Waals surface area contributed by atoms with Crippen molar-refractivity contribution < 1.29 is 37.7 Å². The van der Waals surface area contributed by atoms with E-state index in [9.17, 15) is 0 Å². The fourth-order valence-corrected chi connectivity index (χ4v) is 1.39. The molecule has 0 saturated heterocycles. The van der Waals surface area contributed by atoms with Crippen LogP contribution in [0.4, 0.5) is 0 Å². The van der Waals surface area contributed by atoms with Crippen LogP contribution in [-0.2, 0) is 0 Å². The predicted octanol–water partition coefficient (Wildman–Crippen LogP) is -3.20. The van der Waals surface area contributed by atoms with Crippen LogP contribution >= 0.6 is 0 Å². The summed E-state index contributed by atoms with van der Waals surface area (Å²) >= 11 is 0. The molecule has 1 fully saturated rings. The van der Waals surface area contributed by atoms with Gasteiger partial charge in [-0.3, -0.25) is 0 Å². The summed E-state index contributed by atoms with van der Waals surface area (Å²) in [6.07, 6.45) is 9.59. The Morgan fingerprint density at radius 2 is 2.00 bits per heavy atom. The maximum Gasteiger partial charge on any atom is 1.00 e. The molecule has 1 aliphatic rings. The molecule has 1 saturated carbocycles. The van der Waals surface area contributed by atoms with Crippen LogP contribution in [0, 0.1) is 12.3 Å². The third-order valence-corrected chi connectivity index (χ3v) is 2.05. The second kappa shape index (κ2) is 8.29. The third kappa shape index (κ3) is 4.93. The summed E-state index contributed by atoms with van der Waals surface area (Å²) in [5.74, 6) is 0.962. The van der Waals surface area contributed by atoms with E-state index in [4.69, 9.17) is 0 Å². The molecular formula is C8H15Li2+. The molecule has 48 valence electrons. The van der Waals surface area contributed by atoms with E-state index in [0.29, 0.717) is 0 Å². The van der Waals surface area contributed by atoms with E-state index in [2.05, 4.69) is 13.3 Å². The van der Waals surface area contributed by atoms with Gasteiger partial charge in [0.15, 0.2) is 0 Å². The molecule has 0 spiro atoms. The van der Waals surface area contributed by atoms with E-state index < -0.39 is 0 Å². The normalized spacial score (nSPS) is 24.3. The smallest absolute Gasteiger partial charge is 0.325 e. The van der Waals surface area contributed by atoms with Gasteiger partial charge in [0.25, 0.3) is 0 Å². The minimum Gasteiger partial charge on any atom is -0.325 e. The molecular weight excluding hydrogens is 110 g/mol. The topological polar surface area (TPSA) is 0 Å². The standard InChI is InChI=1S/C8H15.2Li/c1-2-8-6-4-3-5-7-8;;/h6,8H,2-5,7H2,1H3;;/q-1;2*+1. The van der Waals surface area contributed by atoms with E-state index in [1.54, 1.807) is 0 Å². The van der Waals surface area contributed by atoms with E-state index in [1.165, 1.54) is 32.1 Å². The van der Waals surface area contributed by atoms with Gasteiger partial charge < -0.3 is 6.42 Å². The monoisotopic (exact) mass is 125 g/mol. The summed E-state index contributed by atoms with van der Waals surface area (Å²) in [7, 11) is 0. The fraction of sp³-hybridized carbons (Fsp3) is 0.875. The predicted molar refractivity (Wildman–Crippen MR) is 36.5 cm³/mol. The SMILES string of the molecule is CCC1[CH-]CCCC1.[Li+].[Li+]. The van der Waals surface area contributed by atoms with Gasteiger partial charge in [0.05, 0.1) is 0 Å². The number of rotatable bonds is 1. The average molecular weight is 125 g/mol. The minimum absolute atomic E-state index is 0. The van der Waals surface area contributed by atoms with Gasteiger partial charge in [-0.1, -0.05) is 32.6 Å². The second-order valence-electron chi connectivity index (χ2n) is 2.69. The summed E-state index contributed by atoms with van der Waals surface area (Å²) in [4.78, 5) is 0. The molecule has 0 bridgehead atoms. The first-order valence-corrected chi connectivity index (χ1v) is 3.77. The van der Waals surface area contributed by atoms with Gasteiger partial charge in [0, 0.05) is 0 Å². The van der Waals surface area contributed by atoms with Crippen molar-refractivity contribution in [2.75, 3.05) is 0 Å². The molecule has 1 unspecified atom stereocenters. The van der Waals surface area contributed by atoms with E-state index in [0.717, 1.165) is 5.92 Å². The van der Waals surface area contributed by atoms with Crippen LogP contribution < -0.4 is 37.7 Å². The van der Waals surface area contributed by atoms with Gasteiger partial charge in [0.2, 0.25) is 0 Å². The van der Waals surface area contributed by atoms with Crippen LogP contribution in [-0.4, -0.2) is 0 Å².